The molecule has 1 aliphatic rings. The molecule has 0 atom stereocenters. The van der Waals surface area contributed by atoms with E-state index in [4.69, 9.17) is 14.5 Å². The molecule has 4 rings (SSSR count). The Morgan fingerprint density at radius 2 is 1.79 bits per heavy atom. The summed E-state index contributed by atoms with van der Waals surface area (Å²) in [6.45, 7) is 9.17. The van der Waals surface area contributed by atoms with E-state index in [9.17, 15) is 0 Å². The van der Waals surface area contributed by atoms with Crippen LogP contribution in [0, 0.1) is 13.8 Å². The maximum atomic E-state index is 5.53. The lowest BCUT2D eigenvalue weighted by Crippen LogP contribution is -2.46. The molecule has 0 unspecified atom stereocenters. The molecule has 2 heterocycles. The molecule has 0 N–H and O–H groups in total. The van der Waals surface area contributed by atoms with Crippen LogP contribution in [0.1, 0.15) is 16.7 Å². The Morgan fingerprint density at radius 3 is 2.50 bits per heavy atom. The second-order valence-corrected chi connectivity index (χ2v) is 8.38. The number of benzene rings is 2. The number of hydrogen-bond donors (Lipinski definition) is 0. The minimum Gasteiger partial charge on any atom is -0.497 e. The smallest absolute Gasteiger partial charge is 0.186 e. The number of anilines is 1. The number of methoxy groups -OCH3 is 2. The zero-order chi connectivity index (χ0) is 19.7. The van der Waals surface area contributed by atoms with Gasteiger partial charge in [-0.3, -0.25) is 4.90 Å². The van der Waals surface area contributed by atoms with Gasteiger partial charge < -0.3 is 14.4 Å². The lowest BCUT2D eigenvalue weighted by molar-refractivity contribution is 0.245. The monoisotopic (exact) mass is 397 g/mol. The molecule has 0 amide bonds. The van der Waals surface area contributed by atoms with Crippen LogP contribution in [-0.2, 0) is 6.54 Å². The van der Waals surface area contributed by atoms with Crippen LogP contribution in [0.4, 0.5) is 5.13 Å². The van der Waals surface area contributed by atoms with Crippen LogP contribution in [0.2, 0.25) is 0 Å². The summed E-state index contributed by atoms with van der Waals surface area (Å²) >= 11 is 1.81. The molecule has 0 bridgehead atoms. The first kappa shape index (κ1) is 19.0. The number of aryl methyl sites for hydroxylation is 2. The SMILES string of the molecule is COc1ccc(OC)c(CN2CCN(c3nc4c(C)cc(C)cc4s3)CC2)c1. The van der Waals surface area contributed by atoms with Gasteiger partial charge in [0.25, 0.3) is 0 Å². The highest BCUT2D eigenvalue weighted by Crippen LogP contribution is 2.32. The van der Waals surface area contributed by atoms with Crippen molar-refractivity contribution in [2.24, 2.45) is 0 Å². The molecule has 6 heteroatoms. The molecule has 5 nitrogen and oxygen atoms in total. The van der Waals surface area contributed by atoms with Crippen LogP contribution in [-0.4, -0.2) is 50.3 Å². The number of nitrogens with zero attached hydrogens (tertiary/aromatic N) is 3. The molecule has 1 fully saturated rings. The Kier molecular flexibility index (Phi) is 5.42. The van der Waals surface area contributed by atoms with Crippen molar-refractivity contribution in [2.75, 3.05) is 45.3 Å². The van der Waals surface area contributed by atoms with Gasteiger partial charge in [-0.05, 0) is 49.2 Å². The normalized spacial score (nSPS) is 15.2. The van der Waals surface area contributed by atoms with Gasteiger partial charge in [-0.1, -0.05) is 17.4 Å². The number of rotatable bonds is 5. The van der Waals surface area contributed by atoms with Crippen molar-refractivity contribution in [3.63, 3.8) is 0 Å². The van der Waals surface area contributed by atoms with Crippen LogP contribution >= 0.6 is 11.3 Å². The highest BCUT2D eigenvalue weighted by Gasteiger charge is 2.21. The Bertz CT molecular complexity index is 977. The third-order valence-corrected chi connectivity index (χ3v) is 6.41. The summed E-state index contributed by atoms with van der Waals surface area (Å²) in [6, 6.07) is 10.5. The molecule has 3 aromatic rings. The minimum atomic E-state index is 0.867. The van der Waals surface area contributed by atoms with Gasteiger partial charge in [0.15, 0.2) is 5.13 Å². The molecule has 0 radical (unpaired) electrons. The lowest BCUT2D eigenvalue weighted by atomic mass is 10.1. The Balaban J connectivity index is 1.45. The fourth-order valence-electron chi connectivity index (χ4n) is 3.84. The third-order valence-electron chi connectivity index (χ3n) is 5.34. The van der Waals surface area contributed by atoms with Crippen molar-refractivity contribution in [1.29, 1.82) is 0 Å². The van der Waals surface area contributed by atoms with Crippen molar-refractivity contribution >= 4 is 26.7 Å². The Labute approximate surface area is 170 Å². The van der Waals surface area contributed by atoms with Crippen molar-refractivity contribution in [2.45, 2.75) is 20.4 Å². The van der Waals surface area contributed by atoms with E-state index in [1.807, 2.05) is 23.5 Å². The number of thiazole rings is 1. The number of aromatic nitrogens is 1. The number of fused-ring (bicyclic) bond motifs is 1. The van der Waals surface area contributed by atoms with Crippen LogP contribution < -0.4 is 14.4 Å². The molecule has 28 heavy (non-hydrogen) atoms. The van der Waals surface area contributed by atoms with E-state index < -0.39 is 0 Å². The van der Waals surface area contributed by atoms with E-state index in [1.54, 1.807) is 14.2 Å². The summed E-state index contributed by atoms with van der Waals surface area (Å²) in [7, 11) is 3.42. The maximum absolute atomic E-state index is 5.53. The van der Waals surface area contributed by atoms with E-state index in [1.165, 1.54) is 21.4 Å². The van der Waals surface area contributed by atoms with Crippen molar-refractivity contribution in [3.05, 3.63) is 47.0 Å². The van der Waals surface area contributed by atoms with Crippen molar-refractivity contribution in [3.8, 4) is 11.5 Å². The van der Waals surface area contributed by atoms with Gasteiger partial charge in [0.1, 0.15) is 11.5 Å². The standard InChI is InChI=1S/C22H27N3O2S/c1-15-11-16(2)21-20(12-15)28-22(23-21)25-9-7-24(8-10-25)14-17-13-18(26-3)5-6-19(17)27-4/h5-6,11-13H,7-10,14H2,1-4H3. The van der Waals surface area contributed by atoms with E-state index in [0.29, 0.717) is 0 Å². The fraction of sp³-hybridized carbons (Fsp3) is 0.409. The third kappa shape index (κ3) is 3.80. The van der Waals surface area contributed by atoms with Gasteiger partial charge >= 0.3 is 0 Å². The summed E-state index contributed by atoms with van der Waals surface area (Å²) < 4.78 is 12.2. The van der Waals surface area contributed by atoms with E-state index in [-0.39, 0.29) is 0 Å². The summed E-state index contributed by atoms with van der Waals surface area (Å²) in [5.41, 5.74) is 4.88. The fourth-order valence-corrected chi connectivity index (χ4v) is 5.03. The first-order chi connectivity index (χ1) is 13.6. The van der Waals surface area contributed by atoms with E-state index in [2.05, 4.69) is 41.8 Å². The molecular weight excluding hydrogens is 370 g/mol. The average Bonchev–Trinajstić information content (AvgIpc) is 3.13. The highest BCUT2D eigenvalue weighted by molar-refractivity contribution is 7.22. The van der Waals surface area contributed by atoms with Crippen LogP contribution in [0.3, 0.4) is 0 Å². The molecule has 1 aromatic heterocycles. The summed E-state index contributed by atoms with van der Waals surface area (Å²) in [5.74, 6) is 1.79. The average molecular weight is 398 g/mol. The van der Waals surface area contributed by atoms with Gasteiger partial charge in [-0.25, -0.2) is 4.98 Å². The van der Waals surface area contributed by atoms with Gasteiger partial charge in [-0.2, -0.15) is 0 Å². The van der Waals surface area contributed by atoms with Crippen LogP contribution in [0.15, 0.2) is 30.3 Å². The minimum absolute atomic E-state index is 0.867. The quantitative estimate of drug-likeness (QED) is 0.643. The maximum Gasteiger partial charge on any atom is 0.186 e. The second-order valence-electron chi connectivity index (χ2n) is 7.37. The predicted octanol–water partition coefficient (Wildman–Crippen LogP) is 4.25. The van der Waals surface area contributed by atoms with Gasteiger partial charge in [0.05, 0.1) is 24.4 Å². The summed E-state index contributed by atoms with van der Waals surface area (Å²) in [5, 5.41) is 1.14. The largest absolute Gasteiger partial charge is 0.497 e. The Morgan fingerprint density at radius 1 is 1.00 bits per heavy atom. The first-order valence-electron chi connectivity index (χ1n) is 9.63. The number of piperazine rings is 1. The predicted molar refractivity (Wildman–Crippen MR) is 116 cm³/mol. The van der Waals surface area contributed by atoms with Gasteiger partial charge in [0, 0.05) is 38.3 Å². The highest BCUT2D eigenvalue weighted by atomic mass is 32.1. The topological polar surface area (TPSA) is 37.8 Å². The van der Waals surface area contributed by atoms with Crippen molar-refractivity contribution in [1.82, 2.24) is 9.88 Å². The van der Waals surface area contributed by atoms with Crippen LogP contribution in [0.25, 0.3) is 10.2 Å². The van der Waals surface area contributed by atoms with Crippen molar-refractivity contribution < 1.29 is 9.47 Å². The molecule has 0 aliphatic carbocycles. The molecule has 0 saturated carbocycles. The molecule has 0 spiro atoms. The summed E-state index contributed by atoms with van der Waals surface area (Å²) in [4.78, 5) is 9.81. The van der Waals surface area contributed by atoms with E-state index in [0.717, 1.165) is 54.9 Å². The zero-order valence-corrected chi connectivity index (χ0v) is 17.8. The number of hydrogen-bond acceptors (Lipinski definition) is 6. The second kappa shape index (κ2) is 7.97. The van der Waals surface area contributed by atoms with E-state index >= 15 is 0 Å². The molecular formula is C22H27N3O2S. The lowest BCUT2D eigenvalue weighted by Gasteiger charge is -2.34. The molecule has 1 saturated heterocycles. The Hall–Kier alpha value is -2.31. The molecule has 148 valence electrons. The van der Waals surface area contributed by atoms with Gasteiger partial charge in [-0.15, -0.1) is 0 Å². The van der Waals surface area contributed by atoms with Crippen LogP contribution in [0.5, 0.6) is 11.5 Å². The molecule has 2 aromatic carbocycles. The number of ether oxygens (including phenoxy) is 2. The summed E-state index contributed by atoms with van der Waals surface area (Å²) in [6.07, 6.45) is 0. The zero-order valence-electron chi connectivity index (χ0n) is 17.0. The van der Waals surface area contributed by atoms with Gasteiger partial charge in [0.2, 0.25) is 0 Å². The first-order valence-corrected chi connectivity index (χ1v) is 10.4. The molecule has 1 aliphatic heterocycles.